The average Bonchev–Trinajstić information content (AvgIpc) is 2.70. The number of hydrogen-bond acceptors (Lipinski definition) is 5. The summed E-state index contributed by atoms with van der Waals surface area (Å²) in [5.74, 6) is -0.624. The standard InChI is InChI=1S/C27H33Cl2NO4/c1-26(2)11-18-23(20(31)13-26)22(15-9-16(28)25(33)17(29)10-15)24-19(30(18)7-6-8-34-5)12-27(3,4)14-21(24)32/h9-10,22,33H,6-8,11-14H2,1-5H3. The number of ether oxygens (including phenoxy) is 1. The Morgan fingerprint density at radius 2 is 1.41 bits per heavy atom. The van der Waals surface area contributed by atoms with Gasteiger partial charge in [0.05, 0.1) is 10.0 Å². The van der Waals surface area contributed by atoms with Crippen molar-refractivity contribution >= 4 is 34.8 Å². The number of phenols is 1. The van der Waals surface area contributed by atoms with Crippen LogP contribution in [0.15, 0.2) is 34.7 Å². The fourth-order valence-corrected chi connectivity index (χ4v) is 6.27. The Morgan fingerprint density at radius 1 is 0.941 bits per heavy atom. The number of benzene rings is 1. The van der Waals surface area contributed by atoms with Crippen molar-refractivity contribution in [2.24, 2.45) is 10.8 Å². The van der Waals surface area contributed by atoms with Gasteiger partial charge in [-0.05, 0) is 47.8 Å². The van der Waals surface area contributed by atoms with E-state index in [0.717, 1.165) is 30.7 Å². The predicted molar refractivity (Wildman–Crippen MR) is 134 cm³/mol. The first-order chi connectivity index (χ1) is 15.8. The smallest absolute Gasteiger partial charge is 0.162 e. The number of allylic oxidation sites excluding steroid dienone is 4. The van der Waals surface area contributed by atoms with Crippen LogP contribution in [0.25, 0.3) is 0 Å². The molecule has 0 saturated heterocycles. The average molecular weight is 506 g/mol. The number of methoxy groups -OCH3 is 1. The number of phenolic OH excluding ortho intramolecular Hbond substituents is 1. The molecular weight excluding hydrogens is 473 g/mol. The van der Waals surface area contributed by atoms with Gasteiger partial charge in [-0.2, -0.15) is 0 Å². The van der Waals surface area contributed by atoms with E-state index in [2.05, 4.69) is 32.6 Å². The van der Waals surface area contributed by atoms with E-state index in [1.807, 2.05) is 0 Å². The van der Waals surface area contributed by atoms with Crippen LogP contribution in [0.1, 0.15) is 71.3 Å². The monoisotopic (exact) mass is 505 g/mol. The fraction of sp³-hybridized carbons (Fsp3) is 0.556. The number of aromatic hydroxyl groups is 1. The largest absolute Gasteiger partial charge is 0.505 e. The van der Waals surface area contributed by atoms with E-state index in [-0.39, 0.29) is 38.2 Å². The molecule has 1 aliphatic heterocycles. The molecule has 0 amide bonds. The lowest BCUT2D eigenvalue weighted by atomic mass is 9.63. The zero-order valence-corrected chi connectivity index (χ0v) is 22.1. The van der Waals surface area contributed by atoms with Crippen LogP contribution in [0, 0.1) is 10.8 Å². The Kier molecular flexibility index (Phi) is 6.69. The molecule has 0 aromatic heterocycles. The molecular formula is C27H33Cl2NO4. The third-order valence-corrected chi connectivity index (χ3v) is 7.70. The van der Waals surface area contributed by atoms with E-state index in [1.54, 1.807) is 19.2 Å². The molecule has 0 fully saturated rings. The highest BCUT2D eigenvalue weighted by atomic mass is 35.5. The molecule has 4 rings (SSSR count). The van der Waals surface area contributed by atoms with Gasteiger partial charge in [-0.25, -0.2) is 0 Å². The Labute approximate surface area is 211 Å². The summed E-state index contributed by atoms with van der Waals surface area (Å²) in [6, 6.07) is 3.28. The van der Waals surface area contributed by atoms with Crippen molar-refractivity contribution in [3.63, 3.8) is 0 Å². The Morgan fingerprint density at radius 3 is 1.85 bits per heavy atom. The van der Waals surface area contributed by atoms with Gasteiger partial charge in [0.15, 0.2) is 17.3 Å². The molecule has 0 radical (unpaired) electrons. The number of rotatable bonds is 5. The van der Waals surface area contributed by atoms with Crippen LogP contribution in [0.2, 0.25) is 10.0 Å². The molecule has 2 aliphatic carbocycles. The van der Waals surface area contributed by atoms with Crippen molar-refractivity contribution in [3.05, 3.63) is 50.3 Å². The molecule has 3 aliphatic rings. The summed E-state index contributed by atoms with van der Waals surface area (Å²) in [6.07, 6.45) is 3.09. The van der Waals surface area contributed by atoms with E-state index in [9.17, 15) is 14.7 Å². The molecule has 0 saturated carbocycles. The lowest BCUT2D eigenvalue weighted by molar-refractivity contribution is -0.119. The second-order valence-electron chi connectivity index (χ2n) is 11.4. The second-order valence-corrected chi connectivity index (χ2v) is 12.2. The van der Waals surface area contributed by atoms with Crippen LogP contribution >= 0.6 is 23.2 Å². The quantitative estimate of drug-likeness (QED) is 0.467. The number of halogens is 2. The Balaban J connectivity index is 1.98. The molecule has 1 heterocycles. The first-order valence-corrected chi connectivity index (χ1v) is 12.6. The fourth-order valence-electron chi connectivity index (χ4n) is 5.77. The molecule has 0 unspecified atom stereocenters. The Bertz CT molecular complexity index is 1040. The van der Waals surface area contributed by atoms with Crippen LogP contribution in [-0.2, 0) is 14.3 Å². The van der Waals surface area contributed by atoms with Crippen LogP contribution < -0.4 is 0 Å². The molecule has 0 spiro atoms. The Hall–Kier alpha value is -1.82. The van der Waals surface area contributed by atoms with Gasteiger partial charge in [-0.15, -0.1) is 0 Å². The summed E-state index contributed by atoms with van der Waals surface area (Å²) < 4.78 is 5.31. The van der Waals surface area contributed by atoms with Gasteiger partial charge in [-0.1, -0.05) is 50.9 Å². The van der Waals surface area contributed by atoms with Crippen LogP contribution in [0.5, 0.6) is 5.75 Å². The SMILES string of the molecule is COCCCN1C2=C(C(=O)CC(C)(C)C2)C(c2cc(Cl)c(O)c(Cl)c2)C2=C1CC(C)(C)CC2=O. The van der Waals surface area contributed by atoms with E-state index in [4.69, 9.17) is 27.9 Å². The molecule has 0 atom stereocenters. The van der Waals surface area contributed by atoms with Crippen LogP contribution in [0.3, 0.4) is 0 Å². The van der Waals surface area contributed by atoms with Gasteiger partial charge in [-0.3, -0.25) is 9.59 Å². The van der Waals surface area contributed by atoms with Gasteiger partial charge >= 0.3 is 0 Å². The molecule has 7 heteroatoms. The minimum atomic E-state index is -0.536. The molecule has 1 N–H and O–H groups in total. The van der Waals surface area contributed by atoms with Gasteiger partial charge in [0.25, 0.3) is 0 Å². The number of Topliss-reactive ketones (excluding diaryl/α,β-unsaturated/α-hetero) is 2. The molecule has 1 aromatic carbocycles. The van der Waals surface area contributed by atoms with Crippen LogP contribution in [-0.4, -0.2) is 41.8 Å². The molecule has 0 bridgehead atoms. The van der Waals surface area contributed by atoms with E-state index in [1.165, 1.54) is 0 Å². The summed E-state index contributed by atoms with van der Waals surface area (Å²) in [5.41, 5.74) is 3.62. The summed E-state index contributed by atoms with van der Waals surface area (Å²) in [7, 11) is 1.68. The molecule has 1 aromatic rings. The van der Waals surface area contributed by atoms with Crippen molar-refractivity contribution in [2.75, 3.05) is 20.3 Å². The summed E-state index contributed by atoms with van der Waals surface area (Å²) in [6.45, 7) is 9.75. The molecule has 34 heavy (non-hydrogen) atoms. The van der Waals surface area contributed by atoms with E-state index in [0.29, 0.717) is 42.7 Å². The van der Waals surface area contributed by atoms with Gasteiger partial charge < -0.3 is 14.7 Å². The maximum Gasteiger partial charge on any atom is 0.162 e. The number of hydrogen-bond donors (Lipinski definition) is 1. The van der Waals surface area contributed by atoms with Crippen LogP contribution in [0.4, 0.5) is 0 Å². The third kappa shape index (κ3) is 4.55. The van der Waals surface area contributed by atoms with Crippen molar-refractivity contribution in [3.8, 4) is 5.75 Å². The zero-order valence-electron chi connectivity index (χ0n) is 20.6. The van der Waals surface area contributed by atoms with E-state index < -0.39 is 5.92 Å². The highest BCUT2D eigenvalue weighted by molar-refractivity contribution is 6.37. The maximum absolute atomic E-state index is 13.7. The first kappa shape index (κ1) is 25.3. The minimum absolute atomic E-state index is 0.0532. The second kappa shape index (κ2) is 9.00. The first-order valence-electron chi connectivity index (χ1n) is 11.8. The zero-order chi connectivity index (χ0) is 25.0. The van der Waals surface area contributed by atoms with Crippen molar-refractivity contribution in [2.45, 2.75) is 65.7 Å². The van der Waals surface area contributed by atoms with Gasteiger partial charge in [0.2, 0.25) is 0 Å². The topological polar surface area (TPSA) is 66.8 Å². The summed E-state index contributed by atoms with van der Waals surface area (Å²) >= 11 is 12.6. The number of nitrogens with zero attached hydrogens (tertiary/aromatic N) is 1. The van der Waals surface area contributed by atoms with Gasteiger partial charge in [0, 0.05) is 61.6 Å². The predicted octanol–water partition coefficient (Wildman–Crippen LogP) is 6.42. The molecule has 5 nitrogen and oxygen atoms in total. The van der Waals surface area contributed by atoms with E-state index >= 15 is 0 Å². The molecule has 184 valence electrons. The lowest BCUT2D eigenvalue weighted by Crippen LogP contribution is -2.44. The minimum Gasteiger partial charge on any atom is -0.505 e. The lowest BCUT2D eigenvalue weighted by Gasteiger charge is -2.49. The highest BCUT2D eigenvalue weighted by Gasteiger charge is 2.49. The number of ketones is 2. The van der Waals surface area contributed by atoms with Crippen molar-refractivity contribution in [1.29, 1.82) is 0 Å². The maximum atomic E-state index is 13.7. The summed E-state index contributed by atoms with van der Waals surface area (Å²) in [4.78, 5) is 29.6. The number of carbonyl (C=O) groups excluding carboxylic acids is 2. The van der Waals surface area contributed by atoms with Crippen molar-refractivity contribution in [1.82, 2.24) is 4.90 Å². The number of carbonyl (C=O) groups is 2. The normalized spacial score (nSPS) is 22.3. The summed E-state index contributed by atoms with van der Waals surface area (Å²) in [5, 5.41) is 10.4. The highest BCUT2D eigenvalue weighted by Crippen LogP contribution is 2.55. The van der Waals surface area contributed by atoms with Gasteiger partial charge in [0.1, 0.15) is 0 Å². The van der Waals surface area contributed by atoms with Crippen molar-refractivity contribution < 1.29 is 19.4 Å². The third-order valence-electron chi connectivity index (χ3n) is 7.12.